The minimum Gasteiger partial charge on any atom is -0.508 e. The lowest BCUT2D eigenvalue weighted by Crippen LogP contribution is -2.42. The third kappa shape index (κ3) is 4.96. The zero-order chi connectivity index (χ0) is 19.9. The molecule has 0 radical (unpaired) electrons. The largest absolute Gasteiger partial charge is 0.508 e. The van der Waals surface area contributed by atoms with Crippen molar-refractivity contribution < 1.29 is 5.11 Å². The van der Waals surface area contributed by atoms with Crippen LogP contribution in [0.5, 0.6) is 5.75 Å². The van der Waals surface area contributed by atoms with Crippen LogP contribution in [0.4, 0.5) is 0 Å². The number of aryl methyl sites for hydroxylation is 1. The van der Waals surface area contributed by atoms with E-state index in [2.05, 4.69) is 79.8 Å². The maximum atomic E-state index is 10.6. The maximum Gasteiger partial charge on any atom is 0.119 e. The number of phenolic OH excluding ortho intramolecular Hbond substituents is 1. The maximum absolute atomic E-state index is 10.6. The molecule has 0 unspecified atom stereocenters. The van der Waals surface area contributed by atoms with E-state index < -0.39 is 8.07 Å². The van der Waals surface area contributed by atoms with Crippen LogP contribution in [0.15, 0.2) is 29.2 Å². The van der Waals surface area contributed by atoms with E-state index in [1.165, 1.54) is 15.3 Å². The molecule has 0 saturated carbocycles. The third-order valence-corrected chi connectivity index (χ3v) is 13.1. The predicted octanol–water partition coefficient (Wildman–Crippen LogP) is 6.60. The van der Waals surface area contributed by atoms with Gasteiger partial charge in [-0.1, -0.05) is 60.7 Å². The molecule has 0 saturated heterocycles. The minimum absolute atomic E-state index is 0.0153. The zero-order valence-corrected chi connectivity index (χ0v) is 20.4. The van der Waals surface area contributed by atoms with Gasteiger partial charge in [-0.05, 0) is 51.4 Å². The van der Waals surface area contributed by atoms with Crippen molar-refractivity contribution in [3.05, 3.63) is 40.3 Å². The third-order valence-electron chi connectivity index (χ3n) is 4.71. The Morgan fingerprint density at radius 1 is 0.962 bits per heavy atom. The van der Waals surface area contributed by atoms with E-state index in [0.29, 0.717) is 5.75 Å². The summed E-state index contributed by atoms with van der Waals surface area (Å²) in [5.41, 5.74) is 2.24. The van der Waals surface area contributed by atoms with E-state index in [0.717, 1.165) is 10.9 Å². The fourth-order valence-corrected chi connectivity index (χ4v) is 9.63. The minimum atomic E-state index is -1.48. The Labute approximate surface area is 169 Å². The van der Waals surface area contributed by atoms with Gasteiger partial charge in [0.1, 0.15) is 13.8 Å². The highest BCUT2D eigenvalue weighted by Crippen LogP contribution is 2.41. The Kier molecular flexibility index (Phi) is 6.11. The van der Waals surface area contributed by atoms with E-state index in [9.17, 15) is 5.11 Å². The fraction of sp³-hybridized carbons (Fsp3) is 0.545. The average Bonchev–Trinajstić information content (AvgIpc) is 2.91. The van der Waals surface area contributed by atoms with E-state index in [1.54, 1.807) is 4.50 Å². The van der Waals surface area contributed by atoms with Crippen LogP contribution in [0.1, 0.15) is 57.5 Å². The molecule has 0 atom stereocenters. The first kappa shape index (κ1) is 21.6. The predicted molar refractivity (Wildman–Crippen MR) is 122 cm³/mol. The summed E-state index contributed by atoms with van der Waals surface area (Å²) in [7, 11) is -1.48. The molecule has 0 fully saturated rings. The van der Waals surface area contributed by atoms with Crippen LogP contribution in [0, 0.1) is 6.92 Å². The second kappa shape index (κ2) is 7.37. The van der Waals surface area contributed by atoms with Gasteiger partial charge in [0.2, 0.25) is 0 Å². The van der Waals surface area contributed by atoms with Crippen LogP contribution in [0.3, 0.4) is 0 Å². The summed E-state index contributed by atoms with van der Waals surface area (Å²) in [4.78, 5) is 2.73. The number of benzene rings is 1. The molecule has 1 nitrogen and oxygen atoms in total. The summed E-state index contributed by atoms with van der Waals surface area (Å²) in [6.07, 6.45) is 0. The first-order chi connectivity index (χ1) is 11.7. The van der Waals surface area contributed by atoms with Gasteiger partial charge in [-0.25, -0.2) is 0 Å². The Morgan fingerprint density at radius 3 is 2.00 bits per heavy atom. The van der Waals surface area contributed by atoms with Gasteiger partial charge in [0, 0.05) is 15.3 Å². The molecule has 1 aromatic carbocycles. The summed E-state index contributed by atoms with van der Waals surface area (Å²) >= 11 is 3.94. The summed E-state index contributed by atoms with van der Waals surface area (Å²) in [6.45, 7) is 20.3. The molecule has 1 heterocycles. The summed E-state index contributed by atoms with van der Waals surface area (Å²) in [6, 6.07) is 8.82. The van der Waals surface area contributed by atoms with Gasteiger partial charge in [-0.3, -0.25) is 0 Å². The van der Waals surface area contributed by atoms with Crippen molar-refractivity contribution in [1.82, 2.24) is 0 Å². The van der Waals surface area contributed by atoms with Crippen LogP contribution in [-0.2, 0) is 10.8 Å². The topological polar surface area (TPSA) is 20.2 Å². The van der Waals surface area contributed by atoms with Gasteiger partial charge in [-0.15, -0.1) is 11.8 Å². The molecule has 144 valence electrons. The zero-order valence-electron chi connectivity index (χ0n) is 17.8. The summed E-state index contributed by atoms with van der Waals surface area (Å²) in [5, 5.41) is 11.8. The number of rotatable bonds is 4. The molecule has 4 heteroatoms. The van der Waals surface area contributed by atoms with Gasteiger partial charge in [0.05, 0.1) is 0 Å². The van der Waals surface area contributed by atoms with Gasteiger partial charge in [-0.2, -0.15) is 11.3 Å². The molecule has 2 aromatic rings. The van der Waals surface area contributed by atoms with Crippen LogP contribution in [-0.4, -0.2) is 18.6 Å². The van der Waals surface area contributed by atoms with Crippen molar-refractivity contribution in [1.29, 1.82) is 0 Å². The summed E-state index contributed by atoms with van der Waals surface area (Å²) < 4.78 is 1.58. The van der Waals surface area contributed by atoms with E-state index in [-0.39, 0.29) is 10.8 Å². The van der Waals surface area contributed by atoms with Crippen molar-refractivity contribution in [2.45, 2.75) is 77.3 Å². The molecular weight excluding hydrogens is 372 g/mol. The van der Waals surface area contributed by atoms with E-state index >= 15 is 0 Å². The van der Waals surface area contributed by atoms with Gasteiger partial charge in [0.15, 0.2) is 0 Å². The molecule has 0 amide bonds. The highest BCUT2D eigenvalue weighted by atomic mass is 32.2. The van der Waals surface area contributed by atoms with Gasteiger partial charge >= 0.3 is 0 Å². The lowest BCUT2D eigenvalue weighted by atomic mass is 9.81. The molecule has 2 rings (SSSR count). The highest BCUT2D eigenvalue weighted by molar-refractivity contribution is 8.01. The van der Waals surface area contributed by atoms with Gasteiger partial charge < -0.3 is 5.11 Å². The fourth-order valence-electron chi connectivity index (χ4n) is 3.00. The van der Waals surface area contributed by atoms with Crippen molar-refractivity contribution in [3.8, 4) is 5.75 Å². The summed E-state index contributed by atoms with van der Waals surface area (Å²) in [5.74, 6) is 0.428. The Bertz CT molecular complexity index is 776. The lowest BCUT2D eigenvalue weighted by Gasteiger charge is -2.29. The molecular formula is C22H34OS2Si. The first-order valence-electron chi connectivity index (χ1n) is 9.29. The second-order valence-electron chi connectivity index (χ2n) is 9.95. The molecule has 1 aromatic heterocycles. The quantitative estimate of drug-likeness (QED) is 0.455. The van der Waals surface area contributed by atoms with Crippen molar-refractivity contribution in [2.24, 2.45) is 0 Å². The van der Waals surface area contributed by atoms with E-state index in [1.807, 2.05) is 29.2 Å². The number of hydrogen-bond acceptors (Lipinski definition) is 3. The van der Waals surface area contributed by atoms with Crippen LogP contribution < -0.4 is 4.50 Å². The number of phenols is 1. The molecule has 0 aliphatic rings. The standard InChI is InChI=1S/C22H34OS2Si/c1-15-10-11-20(25-15)26(8,9)14-24-19-13-16(21(2,3)4)18(23)12-17(19)22(5,6)7/h10-13,23H,14H2,1-9H3. The molecule has 1 N–H and O–H groups in total. The van der Waals surface area contributed by atoms with Crippen molar-refractivity contribution >= 4 is 35.7 Å². The normalized spacial score (nSPS) is 13.3. The smallest absolute Gasteiger partial charge is 0.119 e. The second-order valence-corrected chi connectivity index (χ2v) is 17.8. The van der Waals surface area contributed by atoms with Gasteiger partial charge in [0.25, 0.3) is 0 Å². The molecule has 26 heavy (non-hydrogen) atoms. The first-order valence-corrected chi connectivity index (χ1v) is 14.3. The Balaban J connectivity index is 2.40. The highest BCUT2D eigenvalue weighted by Gasteiger charge is 2.29. The number of aromatic hydroxyl groups is 1. The number of thiophene rings is 1. The average molecular weight is 407 g/mol. The number of thioether (sulfide) groups is 1. The monoisotopic (exact) mass is 406 g/mol. The molecule has 0 aliphatic heterocycles. The van der Waals surface area contributed by atoms with Crippen LogP contribution >= 0.6 is 23.1 Å². The molecule has 0 spiro atoms. The van der Waals surface area contributed by atoms with Crippen molar-refractivity contribution in [2.75, 3.05) is 5.38 Å². The lowest BCUT2D eigenvalue weighted by molar-refractivity contribution is 0.441. The Morgan fingerprint density at radius 2 is 1.54 bits per heavy atom. The Hall–Kier alpha value is -0.713. The SMILES string of the molecule is Cc1ccc([Si](C)(C)CSc2cc(C(C)(C)C)c(O)cc2C(C)(C)C)s1. The van der Waals surface area contributed by atoms with Crippen LogP contribution in [0.2, 0.25) is 13.1 Å². The van der Waals surface area contributed by atoms with E-state index in [4.69, 9.17) is 0 Å². The van der Waals surface area contributed by atoms with Crippen LogP contribution in [0.25, 0.3) is 0 Å². The number of hydrogen-bond donors (Lipinski definition) is 1. The van der Waals surface area contributed by atoms with Crippen molar-refractivity contribution in [3.63, 3.8) is 0 Å². The molecule has 0 bridgehead atoms. The molecule has 0 aliphatic carbocycles.